The lowest BCUT2D eigenvalue weighted by Crippen LogP contribution is -2.39. The van der Waals surface area contributed by atoms with Crippen molar-refractivity contribution in [2.75, 3.05) is 0 Å². The van der Waals surface area contributed by atoms with Crippen LogP contribution in [0.4, 0.5) is 0 Å². The van der Waals surface area contributed by atoms with Gasteiger partial charge in [-0.15, -0.1) is 0 Å². The molecule has 0 spiro atoms. The number of carbonyl (C=O) groups is 1. The van der Waals surface area contributed by atoms with Crippen molar-refractivity contribution in [3.05, 3.63) is 35.9 Å². The van der Waals surface area contributed by atoms with Gasteiger partial charge in [0.05, 0.1) is 12.0 Å². The van der Waals surface area contributed by atoms with E-state index in [0.717, 1.165) is 5.56 Å². The lowest BCUT2D eigenvalue weighted by atomic mass is 10.0. The van der Waals surface area contributed by atoms with Gasteiger partial charge in [-0.05, 0) is 18.9 Å². The molecule has 0 aromatic heterocycles. The van der Waals surface area contributed by atoms with Gasteiger partial charge in [0.1, 0.15) is 5.84 Å². The Hall–Kier alpha value is -1.84. The van der Waals surface area contributed by atoms with Crippen molar-refractivity contribution in [3.63, 3.8) is 0 Å². The molecule has 0 bridgehead atoms. The normalized spacial score (nSPS) is 13.8. The largest absolute Gasteiger partial charge is 0.387 e. The summed E-state index contributed by atoms with van der Waals surface area (Å²) in [5.41, 5.74) is 6.43. The van der Waals surface area contributed by atoms with Gasteiger partial charge in [0.2, 0.25) is 5.91 Å². The number of nitrogens with one attached hydrogen (secondary N) is 2. The van der Waals surface area contributed by atoms with Crippen molar-refractivity contribution in [1.29, 1.82) is 5.41 Å². The third kappa shape index (κ3) is 3.59. The molecular weight excluding hydrogens is 214 g/mol. The summed E-state index contributed by atoms with van der Waals surface area (Å²) in [5.74, 6) is -0.789. The van der Waals surface area contributed by atoms with Crippen LogP contribution in [0.2, 0.25) is 0 Å². The van der Waals surface area contributed by atoms with E-state index in [1.54, 1.807) is 0 Å². The second-order valence-corrected chi connectivity index (χ2v) is 4.06. The molecule has 92 valence electrons. The van der Waals surface area contributed by atoms with Crippen LogP contribution in [0.3, 0.4) is 0 Å². The molecule has 0 saturated heterocycles. The minimum absolute atomic E-state index is 0.0721. The van der Waals surface area contributed by atoms with Gasteiger partial charge in [0, 0.05) is 0 Å². The second-order valence-electron chi connectivity index (χ2n) is 4.06. The zero-order chi connectivity index (χ0) is 12.8. The van der Waals surface area contributed by atoms with Gasteiger partial charge in [-0.2, -0.15) is 0 Å². The molecule has 0 aliphatic rings. The van der Waals surface area contributed by atoms with Crippen molar-refractivity contribution >= 4 is 11.7 Å². The first-order valence-electron chi connectivity index (χ1n) is 5.75. The van der Waals surface area contributed by atoms with E-state index in [4.69, 9.17) is 11.1 Å². The Kier molecular flexibility index (Phi) is 4.69. The molecule has 0 unspecified atom stereocenters. The molecule has 0 aliphatic heterocycles. The van der Waals surface area contributed by atoms with Crippen LogP contribution in [0.1, 0.15) is 31.9 Å². The first-order chi connectivity index (χ1) is 8.06. The fraction of sp³-hybridized carbons (Fsp3) is 0.385. The highest BCUT2D eigenvalue weighted by Gasteiger charge is 2.21. The number of hydrogen-bond acceptors (Lipinski definition) is 2. The Morgan fingerprint density at radius 2 is 2.00 bits per heavy atom. The molecule has 0 aliphatic carbocycles. The zero-order valence-corrected chi connectivity index (χ0v) is 10.2. The SMILES string of the molecule is CC[C@@H](C(=N)N)C(=O)N[C@@H](C)c1ccccc1. The molecule has 0 fully saturated rings. The lowest BCUT2D eigenvalue weighted by molar-refractivity contribution is -0.123. The smallest absolute Gasteiger partial charge is 0.231 e. The van der Waals surface area contributed by atoms with E-state index in [2.05, 4.69) is 5.32 Å². The fourth-order valence-electron chi connectivity index (χ4n) is 1.69. The Bertz CT molecular complexity index is 389. The summed E-state index contributed by atoms with van der Waals surface area (Å²) in [7, 11) is 0. The van der Waals surface area contributed by atoms with Gasteiger partial charge in [-0.3, -0.25) is 10.2 Å². The third-order valence-electron chi connectivity index (χ3n) is 2.76. The van der Waals surface area contributed by atoms with Crippen LogP contribution in [0.25, 0.3) is 0 Å². The monoisotopic (exact) mass is 233 g/mol. The number of rotatable bonds is 5. The number of benzene rings is 1. The van der Waals surface area contributed by atoms with Crippen molar-refractivity contribution in [2.24, 2.45) is 11.7 Å². The molecule has 0 saturated carbocycles. The predicted molar refractivity (Wildman–Crippen MR) is 68.7 cm³/mol. The van der Waals surface area contributed by atoms with Crippen LogP contribution in [0.15, 0.2) is 30.3 Å². The molecule has 1 aromatic carbocycles. The average Bonchev–Trinajstić information content (AvgIpc) is 2.30. The molecule has 0 heterocycles. The van der Waals surface area contributed by atoms with Crippen LogP contribution >= 0.6 is 0 Å². The number of nitrogens with two attached hydrogens (primary N) is 1. The van der Waals surface area contributed by atoms with E-state index in [1.165, 1.54) is 0 Å². The summed E-state index contributed by atoms with van der Waals surface area (Å²) in [6, 6.07) is 9.64. The van der Waals surface area contributed by atoms with Crippen LogP contribution in [-0.4, -0.2) is 11.7 Å². The topological polar surface area (TPSA) is 79.0 Å². The van der Waals surface area contributed by atoms with E-state index >= 15 is 0 Å². The summed E-state index contributed by atoms with van der Waals surface area (Å²) in [6.07, 6.45) is 0.544. The second kappa shape index (κ2) is 6.03. The van der Waals surface area contributed by atoms with Crippen molar-refractivity contribution < 1.29 is 4.79 Å². The van der Waals surface area contributed by atoms with Crippen LogP contribution in [-0.2, 0) is 4.79 Å². The Labute approximate surface area is 102 Å². The molecule has 4 heteroatoms. The van der Waals surface area contributed by atoms with Gasteiger partial charge in [0.15, 0.2) is 0 Å². The summed E-state index contributed by atoms with van der Waals surface area (Å²) in [4.78, 5) is 11.9. The van der Waals surface area contributed by atoms with Crippen molar-refractivity contribution in [1.82, 2.24) is 5.32 Å². The van der Waals surface area contributed by atoms with E-state index in [0.29, 0.717) is 6.42 Å². The van der Waals surface area contributed by atoms with Gasteiger partial charge in [-0.25, -0.2) is 0 Å². The number of carbonyl (C=O) groups excluding carboxylic acids is 1. The van der Waals surface area contributed by atoms with E-state index < -0.39 is 5.92 Å². The van der Waals surface area contributed by atoms with Crippen LogP contribution < -0.4 is 11.1 Å². The minimum Gasteiger partial charge on any atom is -0.387 e. The average molecular weight is 233 g/mol. The first kappa shape index (κ1) is 13.2. The van der Waals surface area contributed by atoms with Gasteiger partial charge in [0.25, 0.3) is 0 Å². The lowest BCUT2D eigenvalue weighted by Gasteiger charge is -2.18. The highest BCUT2D eigenvalue weighted by molar-refractivity contribution is 6.00. The fourth-order valence-corrected chi connectivity index (χ4v) is 1.69. The van der Waals surface area contributed by atoms with E-state index in [1.807, 2.05) is 44.2 Å². The quantitative estimate of drug-likeness (QED) is 0.536. The highest BCUT2D eigenvalue weighted by atomic mass is 16.2. The van der Waals surface area contributed by atoms with Crippen molar-refractivity contribution in [3.8, 4) is 0 Å². The molecular formula is C13H19N3O. The van der Waals surface area contributed by atoms with E-state index in [-0.39, 0.29) is 17.8 Å². The summed E-state index contributed by atoms with van der Waals surface area (Å²) in [5, 5.41) is 10.2. The highest BCUT2D eigenvalue weighted by Crippen LogP contribution is 2.12. The Balaban J connectivity index is 2.66. The van der Waals surface area contributed by atoms with E-state index in [9.17, 15) is 4.79 Å². The van der Waals surface area contributed by atoms with Gasteiger partial charge >= 0.3 is 0 Å². The summed E-state index contributed by atoms with van der Waals surface area (Å²) in [6.45, 7) is 3.76. The minimum atomic E-state index is -0.527. The molecule has 1 aromatic rings. The van der Waals surface area contributed by atoms with Gasteiger partial charge < -0.3 is 11.1 Å². The van der Waals surface area contributed by atoms with Gasteiger partial charge in [-0.1, -0.05) is 37.3 Å². The molecule has 2 atom stereocenters. The predicted octanol–water partition coefficient (Wildman–Crippen LogP) is 1.83. The zero-order valence-electron chi connectivity index (χ0n) is 10.2. The first-order valence-corrected chi connectivity index (χ1v) is 5.75. The standard InChI is InChI=1S/C13H19N3O/c1-3-11(12(14)15)13(17)16-9(2)10-7-5-4-6-8-10/h4-9,11H,3H2,1-2H3,(H3,14,15)(H,16,17)/t9-,11-/m0/s1. The molecule has 1 rings (SSSR count). The third-order valence-corrected chi connectivity index (χ3v) is 2.76. The summed E-state index contributed by atoms with van der Waals surface area (Å²) < 4.78 is 0. The van der Waals surface area contributed by atoms with Crippen molar-refractivity contribution in [2.45, 2.75) is 26.3 Å². The summed E-state index contributed by atoms with van der Waals surface area (Å²) >= 11 is 0. The maximum absolute atomic E-state index is 11.9. The van der Waals surface area contributed by atoms with Crippen LogP contribution in [0, 0.1) is 11.3 Å². The molecule has 4 N–H and O–H groups in total. The number of hydrogen-bond donors (Lipinski definition) is 3. The number of amides is 1. The maximum atomic E-state index is 11.9. The Morgan fingerprint density at radius 3 is 2.47 bits per heavy atom. The molecule has 4 nitrogen and oxygen atoms in total. The van der Waals surface area contributed by atoms with Crippen LogP contribution in [0.5, 0.6) is 0 Å². The Morgan fingerprint density at radius 1 is 1.41 bits per heavy atom. The molecule has 0 radical (unpaired) electrons. The maximum Gasteiger partial charge on any atom is 0.231 e. The molecule has 1 amide bonds. The number of amidine groups is 1. The molecule has 17 heavy (non-hydrogen) atoms.